The van der Waals surface area contributed by atoms with E-state index in [1.54, 1.807) is 19.1 Å². The zero-order valence-corrected chi connectivity index (χ0v) is 13.0. The SMILES string of the molecule is CCOc1cc(C=C(C)CNC(C)C)ccc1OC(F)F. The summed E-state index contributed by atoms with van der Waals surface area (Å²) in [5.41, 5.74) is 2.04. The molecule has 0 spiro atoms. The van der Waals surface area contributed by atoms with Crippen LogP contribution in [0.1, 0.15) is 33.3 Å². The van der Waals surface area contributed by atoms with Crippen molar-refractivity contribution < 1.29 is 18.3 Å². The summed E-state index contributed by atoms with van der Waals surface area (Å²) in [5, 5.41) is 3.32. The highest BCUT2D eigenvalue weighted by Gasteiger charge is 2.11. The van der Waals surface area contributed by atoms with Gasteiger partial charge in [-0.3, -0.25) is 0 Å². The standard InChI is InChI=1S/C16H23F2NO2/c1-5-20-15-9-13(6-7-14(15)21-16(17)18)8-12(4)10-19-11(2)3/h6-9,11,16,19H,5,10H2,1-4H3. The maximum atomic E-state index is 12.3. The maximum absolute atomic E-state index is 12.3. The molecule has 0 unspecified atom stereocenters. The third-order valence-corrected chi connectivity index (χ3v) is 2.69. The Kier molecular flexibility index (Phi) is 7.15. The van der Waals surface area contributed by atoms with Crippen molar-refractivity contribution in [3.63, 3.8) is 0 Å². The van der Waals surface area contributed by atoms with Crippen molar-refractivity contribution in [1.82, 2.24) is 5.32 Å². The van der Waals surface area contributed by atoms with Gasteiger partial charge < -0.3 is 14.8 Å². The predicted octanol–water partition coefficient (Wildman–Crippen LogP) is 4.09. The van der Waals surface area contributed by atoms with Gasteiger partial charge in [0.25, 0.3) is 0 Å². The molecule has 21 heavy (non-hydrogen) atoms. The van der Waals surface area contributed by atoms with Crippen LogP contribution >= 0.6 is 0 Å². The molecule has 0 atom stereocenters. The van der Waals surface area contributed by atoms with Crippen LogP contribution in [-0.4, -0.2) is 25.8 Å². The van der Waals surface area contributed by atoms with Crippen molar-refractivity contribution in [2.75, 3.05) is 13.2 Å². The number of alkyl halides is 2. The van der Waals surface area contributed by atoms with E-state index in [2.05, 4.69) is 23.9 Å². The molecule has 0 aliphatic carbocycles. The van der Waals surface area contributed by atoms with Crippen LogP contribution < -0.4 is 14.8 Å². The summed E-state index contributed by atoms with van der Waals surface area (Å²) in [6, 6.07) is 5.36. The number of halogens is 2. The smallest absolute Gasteiger partial charge is 0.387 e. The second kappa shape index (κ2) is 8.62. The first-order chi connectivity index (χ1) is 9.92. The third-order valence-electron chi connectivity index (χ3n) is 2.69. The van der Waals surface area contributed by atoms with E-state index in [-0.39, 0.29) is 5.75 Å². The molecule has 0 fully saturated rings. The van der Waals surface area contributed by atoms with Crippen LogP contribution in [-0.2, 0) is 0 Å². The molecular formula is C16H23F2NO2. The summed E-state index contributed by atoms with van der Waals surface area (Å²) < 4.78 is 34.5. The van der Waals surface area contributed by atoms with Gasteiger partial charge in [0.1, 0.15) is 0 Å². The van der Waals surface area contributed by atoms with Crippen LogP contribution in [0, 0.1) is 0 Å². The second-order valence-corrected chi connectivity index (χ2v) is 5.04. The molecule has 5 heteroatoms. The van der Waals surface area contributed by atoms with Crippen molar-refractivity contribution in [3.8, 4) is 11.5 Å². The average Bonchev–Trinajstić information content (AvgIpc) is 2.39. The fourth-order valence-electron chi connectivity index (χ4n) is 1.78. The Hall–Kier alpha value is -1.62. The number of ether oxygens (including phenoxy) is 2. The van der Waals surface area contributed by atoms with E-state index < -0.39 is 6.61 Å². The normalized spacial score (nSPS) is 12.1. The minimum atomic E-state index is -2.86. The quantitative estimate of drug-likeness (QED) is 0.784. The van der Waals surface area contributed by atoms with E-state index in [0.29, 0.717) is 18.4 Å². The van der Waals surface area contributed by atoms with Crippen LogP contribution in [0.25, 0.3) is 6.08 Å². The van der Waals surface area contributed by atoms with E-state index in [9.17, 15) is 8.78 Å². The van der Waals surface area contributed by atoms with Gasteiger partial charge in [0, 0.05) is 12.6 Å². The molecule has 1 rings (SSSR count). The van der Waals surface area contributed by atoms with Gasteiger partial charge in [-0.25, -0.2) is 0 Å². The van der Waals surface area contributed by atoms with Crippen LogP contribution in [0.15, 0.2) is 23.8 Å². The minimum Gasteiger partial charge on any atom is -0.490 e. The Balaban J connectivity index is 2.88. The fourth-order valence-corrected chi connectivity index (χ4v) is 1.78. The van der Waals surface area contributed by atoms with Crippen LogP contribution in [0.5, 0.6) is 11.5 Å². The number of hydrogen-bond acceptors (Lipinski definition) is 3. The summed E-state index contributed by atoms with van der Waals surface area (Å²) in [7, 11) is 0. The lowest BCUT2D eigenvalue weighted by Crippen LogP contribution is -2.24. The Bertz CT molecular complexity index is 473. The average molecular weight is 299 g/mol. The van der Waals surface area contributed by atoms with Crippen molar-refractivity contribution in [2.24, 2.45) is 0 Å². The van der Waals surface area contributed by atoms with E-state index >= 15 is 0 Å². The van der Waals surface area contributed by atoms with E-state index in [4.69, 9.17) is 4.74 Å². The third kappa shape index (κ3) is 6.58. The van der Waals surface area contributed by atoms with Gasteiger partial charge in [-0.05, 0) is 31.5 Å². The van der Waals surface area contributed by atoms with Crippen LogP contribution in [0.2, 0.25) is 0 Å². The zero-order valence-electron chi connectivity index (χ0n) is 13.0. The molecule has 0 aliphatic heterocycles. The number of rotatable bonds is 8. The van der Waals surface area contributed by atoms with Gasteiger partial charge in [-0.15, -0.1) is 0 Å². The zero-order chi connectivity index (χ0) is 15.8. The topological polar surface area (TPSA) is 30.5 Å². The molecule has 0 heterocycles. The van der Waals surface area contributed by atoms with Gasteiger partial charge in [0.05, 0.1) is 6.61 Å². The van der Waals surface area contributed by atoms with Crippen molar-refractivity contribution in [3.05, 3.63) is 29.3 Å². The summed E-state index contributed by atoms with van der Waals surface area (Å²) in [5.74, 6) is 0.387. The lowest BCUT2D eigenvalue weighted by Gasteiger charge is -2.12. The summed E-state index contributed by atoms with van der Waals surface area (Å²) in [6.45, 7) is 6.28. The van der Waals surface area contributed by atoms with Gasteiger partial charge in [0.15, 0.2) is 11.5 Å². The highest BCUT2D eigenvalue weighted by Crippen LogP contribution is 2.30. The first kappa shape index (κ1) is 17.4. The van der Waals surface area contributed by atoms with Crippen molar-refractivity contribution in [2.45, 2.75) is 40.3 Å². The van der Waals surface area contributed by atoms with Crippen LogP contribution in [0.3, 0.4) is 0 Å². The van der Waals surface area contributed by atoms with E-state index in [1.165, 1.54) is 6.07 Å². The Labute approximate surface area is 124 Å². The van der Waals surface area contributed by atoms with Gasteiger partial charge in [0.2, 0.25) is 0 Å². The molecule has 0 saturated heterocycles. The molecule has 1 aromatic rings. The predicted molar refractivity (Wildman–Crippen MR) is 81.0 cm³/mol. The molecule has 0 aliphatic rings. The van der Waals surface area contributed by atoms with E-state index in [1.807, 2.05) is 13.0 Å². The second-order valence-electron chi connectivity index (χ2n) is 5.04. The fraction of sp³-hybridized carbons (Fsp3) is 0.500. The molecule has 118 valence electrons. The van der Waals surface area contributed by atoms with Gasteiger partial charge >= 0.3 is 6.61 Å². The Morgan fingerprint density at radius 2 is 2.00 bits per heavy atom. The van der Waals surface area contributed by atoms with Crippen LogP contribution in [0.4, 0.5) is 8.78 Å². The summed E-state index contributed by atoms with van der Waals surface area (Å²) in [4.78, 5) is 0. The molecule has 0 saturated carbocycles. The monoisotopic (exact) mass is 299 g/mol. The van der Waals surface area contributed by atoms with Gasteiger partial charge in [-0.1, -0.05) is 31.6 Å². The number of nitrogens with one attached hydrogen (secondary N) is 1. The summed E-state index contributed by atoms with van der Waals surface area (Å²) >= 11 is 0. The molecule has 1 aromatic carbocycles. The molecule has 0 aromatic heterocycles. The first-order valence-electron chi connectivity index (χ1n) is 7.04. The molecule has 0 bridgehead atoms. The first-order valence-corrected chi connectivity index (χ1v) is 7.04. The lowest BCUT2D eigenvalue weighted by atomic mass is 10.1. The molecule has 1 N–H and O–H groups in total. The lowest BCUT2D eigenvalue weighted by molar-refractivity contribution is -0.0514. The van der Waals surface area contributed by atoms with Crippen molar-refractivity contribution in [1.29, 1.82) is 0 Å². The minimum absolute atomic E-state index is 0.0574. The molecular weight excluding hydrogens is 276 g/mol. The maximum Gasteiger partial charge on any atom is 0.387 e. The highest BCUT2D eigenvalue weighted by atomic mass is 19.3. The largest absolute Gasteiger partial charge is 0.490 e. The Morgan fingerprint density at radius 1 is 1.29 bits per heavy atom. The number of hydrogen-bond donors (Lipinski definition) is 1. The van der Waals surface area contributed by atoms with Gasteiger partial charge in [-0.2, -0.15) is 8.78 Å². The molecule has 0 radical (unpaired) electrons. The van der Waals surface area contributed by atoms with E-state index in [0.717, 1.165) is 17.7 Å². The molecule has 0 amide bonds. The number of benzene rings is 1. The van der Waals surface area contributed by atoms with Crippen molar-refractivity contribution >= 4 is 6.08 Å². The Morgan fingerprint density at radius 3 is 2.57 bits per heavy atom. The highest BCUT2D eigenvalue weighted by molar-refractivity contribution is 5.58. The summed E-state index contributed by atoms with van der Waals surface area (Å²) in [6.07, 6.45) is 1.99. The molecule has 3 nitrogen and oxygen atoms in total.